The van der Waals surface area contributed by atoms with E-state index in [1.54, 1.807) is 10.9 Å². The lowest BCUT2D eigenvalue weighted by Gasteiger charge is -2.22. The topological polar surface area (TPSA) is 57.3 Å². The fourth-order valence-electron chi connectivity index (χ4n) is 2.82. The van der Waals surface area contributed by atoms with Crippen LogP contribution in [-0.4, -0.2) is 23.0 Å². The number of rotatable bonds is 1. The first kappa shape index (κ1) is 11.7. The van der Waals surface area contributed by atoms with Crippen LogP contribution in [0, 0.1) is 0 Å². The smallest absolute Gasteiger partial charge is 0.310 e. The lowest BCUT2D eigenvalue weighted by atomic mass is 10.1. The normalized spacial score (nSPS) is 17.0. The average molecular weight is 270 g/mol. The zero-order chi connectivity index (χ0) is 13.5. The molecule has 102 valence electrons. The van der Waals surface area contributed by atoms with E-state index in [1.807, 2.05) is 24.3 Å². The third kappa shape index (κ3) is 1.67. The molecule has 0 unspecified atom stereocenters. The van der Waals surface area contributed by atoms with Gasteiger partial charge >= 0.3 is 5.56 Å². The Hall–Kier alpha value is -2.14. The molecule has 1 fully saturated rings. The van der Waals surface area contributed by atoms with Crippen LogP contribution in [0.1, 0.15) is 18.9 Å². The van der Waals surface area contributed by atoms with E-state index < -0.39 is 0 Å². The molecule has 0 amide bonds. The van der Waals surface area contributed by atoms with Crippen molar-refractivity contribution in [2.24, 2.45) is 0 Å². The molecule has 5 nitrogen and oxygen atoms in total. The average Bonchev–Trinajstić information content (AvgIpc) is 2.88. The number of hydrogen-bond donors (Lipinski definition) is 0. The van der Waals surface area contributed by atoms with Gasteiger partial charge in [0.25, 0.3) is 0 Å². The molecule has 5 heteroatoms. The summed E-state index contributed by atoms with van der Waals surface area (Å²) in [6.07, 6.45) is 3.37. The summed E-state index contributed by atoms with van der Waals surface area (Å²) in [5.41, 5.74) is 0.976. The Morgan fingerprint density at radius 1 is 1.15 bits per heavy atom. The summed E-state index contributed by atoms with van der Waals surface area (Å²) in [4.78, 5) is 12.6. The molecular weight excluding hydrogens is 256 g/mol. The van der Waals surface area contributed by atoms with Gasteiger partial charge < -0.3 is 9.15 Å². The third-order valence-electron chi connectivity index (χ3n) is 3.88. The van der Waals surface area contributed by atoms with Crippen LogP contribution in [0.4, 0.5) is 0 Å². The van der Waals surface area contributed by atoms with Gasteiger partial charge in [-0.25, -0.2) is 4.68 Å². The molecule has 0 radical (unpaired) electrons. The fraction of sp³-hybridized carbons (Fsp3) is 0.333. The molecule has 3 heterocycles. The van der Waals surface area contributed by atoms with Crippen molar-refractivity contribution < 1.29 is 9.15 Å². The number of nitrogens with zero attached hydrogens (tertiary/aromatic N) is 2. The van der Waals surface area contributed by atoms with Crippen LogP contribution < -0.4 is 5.56 Å². The molecule has 0 atom stereocenters. The van der Waals surface area contributed by atoms with E-state index in [-0.39, 0.29) is 11.6 Å². The minimum Gasteiger partial charge on any atom is -0.450 e. The maximum atomic E-state index is 12.6. The lowest BCUT2D eigenvalue weighted by molar-refractivity contribution is 0.0649. The summed E-state index contributed by atoms with van der Waals surface area (Å²) in [6, 6.07) is 7.75. The number of para-hydroxylation sites is 1. The Labute approximate surface area is 114 Å². The Kier molecular flexibility index (Phi) is 2.60. The highest BCUT2D eigenvalue weighted by Crippen LogP contribution is 2.26. The minimum absolute atomic E-state index is 0.105. The molecule has 3 aromatic rings. The summed E-state index contributed by atoms with van der Waals surface area (Å²) in [7, 11) is 0. The van der Waals surface area contributed by atoms with Crippen molar-refractivity contribution >= 4 is 21.9 Å². The second-order valence-electron chi connectivity index (χ2n) is 5.08. The first-order chi connectivity index (χ1) is 9.84. The highest BCUT2D eigenvalue weighted by Gasteiger charge is 2.20. The third-order valence-corrected chi connectivity index (χ3v) is 3.88. The zero-order valence-electron chi connectivity index (χ0n) is 10.9. The molecule has 1 aliphatic rings. The lowest BCUT2D eigenvalue weighted by Crippen LogP contribution is -2.30. The van der Waals surface area contributed by atoms with Crippen LogP contribution >= 0.6 is 0 Å². The largest absolute Gasteiger partial charge is 0.450 e. The van der Waals surface area contributed by atoms with Gasteiger partial charge in [0.05, 0.1) is 17.6 Å². The summed E-state index contributed by atoms with van der Waals surface area (Å²) in [5, 5.41) is 6.06. The maximum absolute atomic E-state index is 12.6. The molecule has 0 spiro atoms. The minimum atomic E-state index is -0.148. The van der Waals surface area contributed by atoms with Gasteiger partial charge in [0.1, 0.15) is 5.58 Å². The van der Waals surface area contributed by atoms with Crippen LogP contribution in [0.25, 0.3) is 21.9 Å². The van der Waals surface area contributed by atoms with Crippen molar-refractivity contribution in [1.82, 2.24) is 9.78 Å². The van der Waals surface area contributed by atoms with Crippen LogP contribution in [0.15, 0.2) is 39.7 Å². The van der Waals surface area contributed by atoms with Crippen molar-refractivity contribution in [3.05, 3.63) is 40.8 Å². The molecular formula is C15H14N2O3. The van der Waals surface area contributed by atoms with Crippen molar-refractivity contribution in [3.8, 4) is 0 Å². The number of furan rings is 1. The van der Waals surface area contributed by atoms with Gasteiger partial charge in [-0.1, -0.05) is 18.2 Å². The molecule has 1 saturated heterocycles. The first-order valence-corrected chi connectivity index (χ1v) is 6.81. The van der Waals surface area contributed by atoms with Crippen molar-refractivity contribution in [1.29, 1.82) is 0 Å². The van der Waals surface area contributed by atoms with E-state index in [2.05, 4.69) is 5.10 Å². The first-order valence-electron chi connectivity index (χ1n) is 6.81. The quantitative estimate of drug-likeness (QED) is 0.681. The predicted molar refractivity (Wildman–Crippen MR) is 74.9 cm³/mol. The van der Waals surface area contributed by atoms with Gasteiger partial charge in [-0.15, -0.1) is 0 Å². The molecule has 1 aromatic carbocycles. The van der Waals surface area contributed by atoms with E-state index in [9.17, 15) is 4.79 Å². The Bertz CT molecular complexity index is 828. The van der Waals surface area contributed by atoms with Crippen molar-refractivity contribution in [2.45, 2.75) is 18.9 Å². The number of aromatic nitrogens is 2. The SMILES string of the molecule is O=c1c2oc3ccccc3c2cnn1C1CCOCC1. The zero-order valence-corrected chi connectivity index (χ0v) is 10.9. The van der Waals surface area contributed by atoms with Crippen molar-refractivity contribution in [2.75, 3.05) is 13.2 Å². The molecule has 2 aromatic heterocycles. The van der Waals surface area contributed by atoms with Crippen LogP contribution in [0.5, 0.6) is 0 Å². The van der Waals surface area contributed by atoms with E-state index in [0.717, 1.165) is 29.2 Å². The molecule has 0 bridgehead atoms. The fourth-order valence-corrected chi connectivity index (χ4v) is 2.82. The highest BCUT2D eigenvalue weighted by atomic mass is 16.5. The van der Waals surface area contributed by atoms with Gasteiger partial charge in [-0.05, 0) is 18.9 Å². The summed E-state index contributed by atoms with van der Waals surface area (Å²) >= 11 is 0. The molecule has 0 N–H and O–H groups in total. The molecule has 1 aliphatic heterocycles. The monoisotopic (exact) mass is 270 g/mol. The number of fused-ring (bicyclic) bond motifs is 3. The van der Waals surface area contributed by atoms with Crippen molar-refractivity contribution in [3.63, 3.8) is 0 Å². The summed E-state index contributed by atoms with van der Waals surface area (Å²) < 4.78 is 12.6. The van der Waals surface area contributed by atoms with Gasteiger partial charge in [-0.3, -0.25) is 4.79 Å². The molecule has 0 aliphatic carbocycles. The predicted octanol–water partition coefficient (Wildman–Crippen LogP) is 2.49. The number of ether oxygens (including phenoxy) is 1. The Balaban J connectivity index is 1.94. The van der Waals surface area contributed by atoms with Gasteiger partial charge in [0.15, 0.2) is 0 Å². The van der Waals surface area contributed by atoms with Crippen LogP contribution in [0.2, 0.25) is 0 Å². The second kappa shape index (κ2) is 4.45. The number of benzene rings is 1. The summed E-state index contributed by atoms with van der Waals surface area (Å²) in [6.45, 7) is 1.36. The second-order valence-corrected chi connectivity index (χ2v) is 5.08. The highest BCUT2D eigenvalue weighted by molar-refractivity contribution is 6.03. The van der Waals surface area contributed by atoms with E-state index in [0.29, 0.717) is 18.8 Å². The van der Waals surface area contributed by atoms with E-state index >= 15 is 0 Å². The van der Waals surface area contributed by atoms with Crippen LogP contribution in [0.3, 0.4) is 0 Å². The van der Waals surface area contributed by atoms with Gasteiger partial charge in [0.2, 0.25) is 5.58 Å². The van der Waals surface area contributed by atoms with E-state index in [4.69, 9.17) is 9.15 Å². The Morgan fingerprint density at radius 3 is 2.80 bits per heavy atom. The summed E-state index contributed by atoms with van der Waals surface area (Å²) in [5.74, 6) is 0. The van der Waals surface area contributed by atoms with Crippen LogP contribution in [-0.2, 0) is 4.74 Å². The van der Waals surface area contributed by atoms with Gasteiger partial charge in [0, 0.05) is 18.6 Å². The van der Waals surface area contributed by atoms with Gasteiger partial charge in [-0.2, -0.15) is 5.10 Å². The van der Waals surface area contributed by atoms with E-state index in [1.165, 1.54) is 0 Å². The maximum Gasteiger partial charge on any atom is 0.310 e. The molecule has 0 saturated carbocycles. The molecule has 20 heavy (non-hydrogen) atoms. The Morgan fingerprint density at radius 2 is 1.95 bits per heavy atom. The number of hydrogen-bond acceptors (Lipinski definition) is 4. The molecule has 4 rings (SSSR count). The standard InChI is InChI=1S/C15H14N2O3/c18-15-14-12(11-3-1-2-4-13(11)20-14)9-16-17(15)10-5-7-19-8-6-10/h1-4,9-10H,5-8H2.